The molecule has 5 heteroatoms. The molecule has 4 rings (SSSR count). The van der Waals surface area contributed by atoms with Crippen molar-refractivity contribution in [3.63, 3.8) is 0 Å². The van der Waals surface area contributed by atoms with Crippen LogP contribution < -0.4 is 4.74 Å². The number of nitrogens with zero attached hydrogens (tertiary/aromatic N) is 2. The van der Waals surface area contributed by atoms with Crippen LogP contribution in [-0.2, 0) is 17.8 Å². The van der Waals surface area contributed by atoms with Crippen LogP contribution >= 0.6 is 0 Å². The van der Waals surface area contributed by atoms with Crippen molar-refractivity contribution in [1.29, 1.82) is 0 Å². The largest absolute Gasteiger partial charge is 0.492 e. The highest BCUT2D eigenvalue weighted by Crippen LogP contribution is 2.39. The Hall–Kier alpha value is -2.40. The maximum atomic E-state index is 14.6. The summed E-state index contributed by atoms with van der Waals surface area (Å²) in [6.07, 6.45) is 7.06. The number of carbonyl (C=O) groups excluding carboxylic acids is 1. The van der Waals surface area contributed by atoms with Crippen molar-refractivity contribution < 1.29 is 13.9 Å². The lowest BCUT2D eigenvalue weighted by molar-refractivity contribution is -0.135. The maximum absolute atomic E-state index is 14.6. The molecule has 36 heavy (non-hydrogen) atoms. The van der Waals surface area contributed by atoms with Gasteiger partial charge in [0.1, 0.15) is 18.2 Å². The fourth-order valence-electron chi connectivity index (χ4n) is 5.79. The molecule has 2 heterocycles. The molecule has 0 N–H and O–H groups in total. The second-order valence-electron chi connectivity index (χ2n) is 12.1. The lowest BCUT2D eigenvalue weighted by atomic mass is 9.73. The second-order valence-corrected chi connectivity index (χ2v) is 12.1. The quantitative estimate of drug-likeness (QED) is 0.490. The van der Waals surface area contributed by atoms with Gasteiger partial charge < -0.3 is 9.64 Å². The van der Waals surface area contributed by atoms with E-state index < -0.39 is 0 Å². The summed E-state index contributed by atoms with van der Waals surface area (Å²) in [6.45, 7) is 10.8. The second kappa shape index (κ2) is 11.8. The summed E-state index contributed by atoms with van der Waals surface area (Å²) in [5.74, 6) is 1.11. The number of piperidine rings is 1. The Balaban J connectivity index is 1.51. The number of ether oxygens (including phenoxy) is 1. The molecule has 2 aromatic carbocycles. The standard InChI is InChI=1S/C31H43FN2O2/c1-30(2,3)22-29(35)34-18-16-31(17-19-34)15-9-8-11-25-10-5-7-14-28(25)36-21-20-33(24-31)23-26-12-4-6-13-27(26)32/h4-7,10,12-14H,8-9,11,15-24H2,1-3H3. The van der Waals surface area contributed by atoms with E-state index in [-0.39, 0.29) is 22.6 Å². The highest BCUT2D eigenvalue weighted by Gasteiger charge is 2.37. The SMILES string of the molecule is CC(C)(C)CC(=O)N1CCC2(CCCCc3ccccc3OCCN(Cc3ccccc3F)C2)CC1. The number of benzene rings is 2. The minimum Gasteiger partial charge on any atom is -0.492 e. The minimum atomic E-state index is -0.147. The van der Waals surface area contributed by atoms with E-state index in [4.69, 9.17) is 4.74 Å². The van der Waals surface area contributed by atoms with Gasteiger partial charge in [0.2, 0.25) is 5.91 Å². The number of aryl methyl sites for hydroxylation is 1. The van der Waals surface area contributed by atoms with Crippen LogP contribution in [0.15, 0.2) is 48.5 Å². The maximum Gasteiger partial charge on any atom is 0.223 e. The molecule has 0 unspecified atom stereocenters. The molecule has 1 amide bonds. The first kappa shape index (κ1) is 26.7. The highest BCUT2D eigenvalue weighted by molar-refractivity contribution is 5.76. The van der Waals surface area contributed by atoms with Crippen molar-refractivity contribution >= 4 is 5.91 Å². The van der Waals surface area contributed by atoms with E-state index in [1.165, 1.54) is 5.56 Å². The molecule has 1 saturated heterocycles. The fraction of sp³-hybridized carbons (Fsp3) is 0.581. The third-order valence-corrected chi connectivity index (χ3v) is 7.81. The summed E-state index contributed by atoms with van der Waals surface area (Å²) in [7, 11) is 0. The summed E-state index contributed by atoms with van der Waals surface area (Å²) in [5, 5.41) is 0. The number of halogens is 1. The van der Waals surface area contributed by atoms with Crippen LogP contribution in [0.25, 0.3) is 0 Å². The van der Waals surface area contributed by atoms with Crippen molar-refractivity contribution in [1.82, 2.24) is 9.80 Å². The van der Waals surface area contributed by atoms with Crippen molar-refractivity contribution in [2.24, 2.45) is 10.8 Å². The number of rotatable bonds is 3. The molecule has 0 bridgehead atoms. The Morgan fingerprint density at radius 1 is 0.972 bits per heavy atom. The van der Waals surface area contributed by atoms with E-state index in [0.717, 1.165) is 76.0 Å². The Kier molecular flexibility index (Phi) is 8.71. The van der Waals surface area contributed by atoms with Gasteiger partial charge in [-0.1, -0.05) is 63.6 Å². The predicted molar refractivity (Wildman–Crippen MR) is 143 cm³/mol. The summed E-state index contributed by atoms with van der Waals surface area (Å²) in [4.78, 5) is 17.4. The number of hydrogen-bond donors (Lipinski definition) is 0. The van der Waals surface area contributed by atoms with E-state index in [1.807, 2.05) is 18.2 Å². The monoisotopic (exact) mass is 494 g/mol. The number of hydrogen-bond acceptors (Lipinski definition) is 3. The molecule has 2 aromatic rings. The molecule has 0 aliphatic carbocycles. The summed E-state index contributed by atoms with van der Waals surface area (Å²) < 4.78 is 20.8. The Labute approximate surface area is 216 Å². The predicted octanol–water partition coefficient (Wildman–Crippen LogP) is 6.48. The van der Waals surface area contributed by atoms with E-state index in [0.29, 0.717) is 19.6 Å². The Morgan fingerprint density at radius 2 is 1.69 bits per heavy atom. The third-order valence-electron chi connectivity index (χ3n) is 7.81. The van der Waals surface area contributed by atoms with Crippen LogP contribution in [0.4, 0.5) is 4.39 Å². The van der Waals surface area contributed by atoms with Crippen molar-refractivity contribution in [2.75, 3.05) is 32.8 Å². The first-order chi connectivity index (χ1) is 17.2. The first-order valence-electron chi connectivity index (χ1n) is 13.7. The van der Waals surface area contributed by atoms with Crippen LogP contribution in [0.2, 0.25) is 0 Å². The van der Waals surface area contributed by atoms with Gasteiger partial charge in [-0.3, -0.25) is 9.69 Å². The van der Waals surface area contributed by atoms with Gasteiger partial charge in [0, 0.05) is 44.7 Å². The number of likely N-dealkylation sites (tertiary alicyclic amines) is 1. The molecule has 2 aliphatic rings. The average Bonchev–Trinajstić information content (AvgIpc) is 2.83. The van der Waals surface area contributed by atoms with Gasteiger partial charge in [-0.25, -0.2) is 4.39 Å². The lowest BCUT2D eigenvalue weighted by Gasteiger charge is -2.45. The molecule has 2 aliphatic heterocycles. The topological polar surface area (TPSA) is 32.8 Å². The zero-order valence-electron chi connectivity index (χ0n) is 22.4. The molecule has 0 radical (unpaired) electrons. The molecule has 0 saturated carbocycles. The number of fused-ring (bicyclic) bond motifs is 1. The molecule has 1 spiro atoms. The Morgan fingerprint density at radius 3 is 2.44 bits per heavy atom. The number of amides is 1. The van der Waals surface area contributed by atoms with Crippen LogP contribution in [0.1, 0.15) is 70.4 Å². The van der Waals surface area contributed by atoms with Gasteiger partial charge >= 0.3 is 0 Å². The first-order valence-corrected chi connectivity index (χ1v) is 13.7. The van der Waals surface area contributed by atoms with Gasteiger partial charge in [0.15, 0.2) is 0 Å². The summed E-state index contributed by atoms with van der Waals surface area (Å²) in [5.41, 5.74) is 2.16. The van der Waals surface area contributed by atoms with Crippen molar-refractivity contribution in [2.45, 2.75) is 72.3 Å². The van der Waals surface area contributed by atoms with E-state index in [9.17, 15) is 9.18 Å². The molecular formula is C31H43FN2O2. The molecule has 1 fully saturated rings. The van der Waals surface area contributed by atoms with Crippen LogP contribution in [0.3, 0.4) is 0 Å². The van der Waals surface area contributed by atoms with E-state index >= 15 is 0 Å². The van der Waals surface area contributed by atoms with Crippen LogP contribution in [0, 0.1) is 16.6 Å². The van der Waals surface area contributed by atoms with Crippen LogP contribution in [0.5, 0.6) is 5.75 Å². The molecule has 4 nitrogen and oxygen atoms in total. The zero-order chi connectivity index (χ0) is 25.6. The normalized spacial score (nSPS) is 19.6. The molecule has 0 aromatic heterocycles. The molecule has 196 valence electrons. The minimum absolute atomic E-state index is 0.00618. The van der Waals surface area contributed by atoms with Crippen molar-refractivity contribution in [3.8, 4) is 5.75 Å². The molecule has 0 atom stereocenters. The Bertz CT molecular complexity index is 1010. The fourth-order valence-corrected chi connectivity index (χ4v) is 5.79. The number of carbonyl (C=O) groups is 1. The van der Waals surface area contributed by atoms with Gasteiger partial charge in [0.05, 0.1) is 0 Å². The molecular weight excluding hydrogens is 451 g/mol. The van der Waals surface area contributed by atoms with Gasteiger partial charge in [-0.05, 0) is 60.6 Å². The lowest BCUT2D eigenvalue weighted by Crippen LogP contribution is -2.49. The number of para-hydroxylation sites is 1. The van der Waals surface area contributed by atoms with E-state index in [1.54, 1.807) is 12.1 Å². The third kappa shape index (κ3) is 7.32. The highest BCUT2D eigenvalue weighted by atomic mass is 19.1. The van der Waals surface area contributed by atoms with Gasteiger partial charge in [0.25, 0.3) is 0 Å². The zero-order valence-corrected chi connectivity index (χ0v) is 22.4. The smallest absolute Gasteiger partial charge is 0.223 e. The van der Waals surface area contributed by atoms with Gasteiger partial charge in [-0.15, -0.1) is 0 Å². The summed E-state index contributed by atoms with van der Waals surface area (Å²) in [6, 6.07) is 15.5. The van der Waals surface area contributed by atoms with Crippen LogP contribution in [-0.4, -0.2) is 48.5 Å². The van der Waals surface area contributed by atoms with E-state index in [2.05, 4.69) is 48.8 Å². The van der Waals surface area contributed by atoms with Gasteiger partial charge in [-0.2, -0.15) is 0 Å². The van der Waals surface area contributed by atoms with Crippen molar-refractivity contribution in [3.05, 3.63) is 65.5 Å². The summed E-state index contributed by atoms with van der Waals surface area (Å²) >= 11 is 0. The average molecular weight is 495 g/mol.